The highest BCUT2D eigenvalue weighted by atomic mass is 16.2. The van der Waals surface area contributed by atoms with Crippen LogP contribution in [0.3, 0.4) is 0 Å². The number of carbonyl (C=O) groups is 1. The second kappa shape index (κ2) is 8.23. The molecule has 116 valence electrons. The van der Waals surface area contributed by atoms with Crippen molar-refractivity contribution < 1.29 is 4.79 Å². The van der Waals surface area contributed by atoms with Crippen molar-refractivity contribution in [3.63, 3.8) is 0 Å². The number of benzene rings is 2. The minimum Gasteiger partial charge on any atom is -0.384 e. The Morgan fingerprint density at radius 3 is 2.41 bits per heavy atom. The van der Waals surface area contributed by atoms with Gasteiger partial charge in [0.2, 0.25) is 5.91 Å². The molecule has 0 aromatic heterocycles. The van der Waals surface area contributed by atoms with Gasteiger partial charge in [0.15, 0.2) is 0 Å². The largest absolute Gasteiger partial charge is 0.384 e. The Kier molecular flexibility index (Phi) is 6.01. The molecule has 1 N–H and O–H groups in total. The van der Waals surface area contributed by atoms with Crippen molar-refractivity contribution in [1.29, 1.82) is 0 Å². The number of hydrogen-bond acceptors (Lipinski definition) is 2. The maximum atomic E-state index is 12.3. The van der Waals surface area contributed by atoms with Gasteiger partial charge in [-0.2, -0.15) is 0 Å². The molecule has 0 aliphatic carbocycles. The second-order valence-electron chi connectivity index (χ2n) is 5.39. The molecule has 0 unspecified atom stereocenters. The van der Waals surface area contributed by atoms with Gasteiger partial charge in [-0.05, 0) is 31.0 Å². The minimum absolute atomic E-state index is 0.187. The molecule has 3 heteroatoms. The van der Waals surface area contributed by atoms with Crippen LogP contribution in [0.4, 0.5) is 5.69 Å². The summed E-state index contributed by atoms with van der Waals surface area (Å²) in [6, 6.07) is 18.3. The third-order valence-electron chi connectivity index (χ3n) is 3.75. The van der Waals surface area contributed by atoms with Crippen molar-refractivity contribution in [2.24, 2.45) is 0 Å². The van der Waals surface area contributed by atoms with Gasteiger partial charge in [-0.1, -0.05) is 48.5 Å². The smallest absolute Gasteiger partial charge is 0.224 e. The first-order valence-corrected chi connectivity index (χ1v) is 7.82. The van der Waals surface area contributed by atoms with Crippen LogP contribution < -0.4 is 5.32 Å². The van der Waals surface area contributed by atoms with Crippen LogP contribution in [0.2, 0.25) is 0 Å². The normalized spacial score (nSPS) is 10.3. The van der Waals surface area contributed by atoms with Crippen LogP contribution in [-0.2, 0) is 11.3 Å². The van der Waals surface area contributed by atoms with E-state index in [1.165, 1.54) is 11.1 Å². The highest BCUT2D eigenvalue weighted by molar-refractivity contribution is 5.76. The van der Waals surface area contributed by atoms with Gasteiger partial charge in [0.05, 0.1) is 0 Å². The third kappa shape index (κ3) is 4.62. The first-order chi connectivity index (χ1) is 10.7. The number of rotatable bonds is 7. The van der Waals surface area contributed by atoms with Gasteiger partial charge in [0.25, 0.3) is 0 Å². The van der Waals surface area contributed by atoms with Gasteiger partial charge < -0.3 is 10.2 Å². The van der Waals surface area contributed by atoms with E-state index < -0.39 is 0 Å². The van der Waals surface area contributed by atoms with Gasteiger partial charge >= 0.3 is 0 Å². The van der Waals surface area contributed by atoms with E-state index in [1.807, 2.05) is 48.2 Å². The zero-order valence-corrected chi connectivity index (χ0v) is 13.4. The molecule has 0 bridgehead atoms. The van der Waals surface area contributed by atoms with Crippen LogP contribution in [0.15, 0.2) is 54.6 Å². The molecule has 0 saturated carbocycles. The van der Waals surface area contributed by atoms with E-state index >= 15 is 0 Å². The number of anilines is 1. The van der Waals surface area contributed by atoms with Crippen LogP contribution in [0.5, 0.6) is 0 Å². The summed E-state index contributed by atoms with van der Waals surface area (Å²) < 4.78 is 0. The highest BCUT2D eigenvalue weighted by Crippen LogP contribution is 2.13. The van der Waals surface area contributed by atoms with E-state index in [9.17, 15) is 4.79 Å². The number of aryl methyl sites for hydroxylation is 1. The SMILES string of the molecule is CCN(Cc1ccccc1)C(=O)CCNc1ccccc1C. The molecule has 0 atom stereocenters. The molecule has 1 amide bonds. The van der Waals surface area contributed by atoms with Crippen LogP contribution >= 0.6 is 0 Å². The molecular formula is C19H24N2O. The fourth-order valence-corrected chi connectivity index (χ4v) is 2.41. The van der Waals surface area contributed by atoms with E-state index in [0.717, 1.165) is 12.2 Å². The Labute approximate surface area is 133 Å². The molecule has 0 aliphatic heterocycles. The number of nitrogens with one attached hydrogen (secondary N) is 1. The Morgan fingerprint density at radius 2 is 1.73 bits per heavy atom. The Morgan fingerprint density at radius 1 is 1.05 bits per heavy atom. The minimum atomic E-state index is 0.187. The van der Waals surface area contributed by atoms with Crippen LogP contribution in [0.25, 0.3) is 0 Å². The summed E-state index contributed by atoms with van der Waals surface area (Å²) in [7, 11) is 0. The molecule has 0 radical (unpaired) electrons. The topological polar surface area (TPSA) is 32.3 Å². The molecule has 3 nitrogen and oxygen atoms in total. The van der Waals surface area contributed by atoms with E-state index in [-0.39, 0.29) is 5.91 Å². The van der Waals surface area contributed by atoms with Crippen molar-refractivity contribution in [1.82, 2.24) is 4.90 Å². The van der Waals surface area contributed by atoms with Gasteiger partial charge in [-0.25, -0.2) is 0 Å². The third-order valence-corrected chi connectivity index (χ3v) is 3.75. The zero-order chi connectivity index (χ0) is 15.8. The summed E-state index contributed by atoms with van der Waals surface area (Å²) in [6.45, 7) is 6.17. The predicted octanol–water partition coefficient (Wildman–Crippen LogP) is 3.85. The Balaban J connectivity index is 1.83. The van der Waals surface area contributed by atoms with Crippen molar-refractivity contribution in [3.8, 4) is 0 Å². The maximum absolute atomic E-state index is 12.3. The molecule has 0 saturated heterocycles. The summed E-state index contributed by atoms with van der Waals surface area (Å²) in [5, 5.41) is 3.34. The Hall–Kier alpha value is -2.29. The first-order valence-electron chi connectivity index (χ1n) is 7.82. The van der Waals surface area contributed by atoms with Crippen molar-refractivity contribution >= 4 is 11.6 Å². The fraction of sp³-hybridized carbons (Fsp3) is 0.316. The van der Waals surface area contributed by atoms with E-state index in [0.29, 0.717) is 19.5 Å². The number of carbonyl (C=O) groups excluding carboxylic acids is 1. The molecule has 0 fully saturated rings. The number of amides is 1. The second-order valence-corrected chi connectivity index (χ2v) is 5.39. The van der Waals surface area contributed by atoms with E-state index in [2.05, 4.69) is 30.4 Å². The molecule has 0 aliphatic rings. The molecule has 2 aromatic rings. The number of hydrogen-bond donors (Lipinski definition) is 1. The molecule has 0 spiro atoms. The lowest BCUT2D eigenvalue weighted by molar-refractivity contribution is -0.131. The van der Waals surface area contributed by atoms with Gasteiger partial charge in [-0.15, -0.1) is 0 Å². The predicted molar refractivity (Wildman–Crippen MR) is 91.8 cm³/mol. The molecule has 22 heavy (non-hydrogen) atoms. The van der Waals surface area contributed by atoms with Crippen LogP contribution in [0.1, 0.15) is 24.5 Å². The lowest BCUT2D eigenvalue weighted by Gasteiger charge is -2.21. The lowest BCUT2D eigenvalue weighted by atomic mass is 10.2. The summed E-state index contributed by atoms with van der Waals surface area (Å²) >= 11 is 0. The van der Waals surface area contributed by atoms with Crippen LogP contribution in [-0.4, -0.2) is 23.9 Å². The van der Waals surface area contributed by atoms with Gasteiger partial charge in [0, 0.05) is 31.7 Å². The maximum Gasteiger partial charge on any atom is 0.224 e. The zero-order valence-electron chi connectivity index (χ0n) is 13.4. The summed E-state index contributed by atoms with van der Waals surface area (Å²) in [5.74, 6) is 0.187. The quantitative estimate of drug-likeness (QED) is 0.842. The molecular weight excluding hydrogens is 272 g/mol. The summed E-state index contributed by atoms with van der Waals surface area (Å²) in [5.41, 5.74) is 3.47. The first kappa shape index (κ1) is 16.1. The molecule has 2 rings (SSSR count). The van der Waals surface area contributed by atoms with Crippen molar-refractivity contribution in [3.05, 3.63) is 65.7 Å². The Bertz CT molecular complexity index is 595. The average Bonchev–Trinajstić information content (AvgIpc) is 2.55. The summed E-state index contributed by atoms with van der Waals surface area (Å²) in [4.78, 5) is 14.2. The number of para-hydroxylation sites is 1. The van der Waals surface area contributed by atoms with E-state index in [1.54, 1.807) is 0 Å². The average molecular weight is 296 g/mol. The van der Waals surface area contributed by atoms with Crippen molar-refractivity contribution in [2.75, 3.05) is 18.4 Å². The van der Waals surface area contributed by atoms with Gasteiger partial charge in [0.1, 0.15) is 0 Å². The monoisotopic (exact) mass is 296 g/mol. The highest BCUT2D eigenvalue weighted by Gasteiger charge is 2.11. The molecule has 0 heterocycles. The lowest BCUT2D eigenvalue weighted by Crippen LogP contribution is -2.31. The van der Waals surface area contributed by atoms with Gasteiger partial charge in [-0.3, -0.25) is 4.79 Å². The molecule has 2 aromatic carbocycles. The summed E-state index contributed by atoms with van der Waals surface area (Å²) in [6.07, 6.45) is 0.509. The number of nitrogens with zero attached hydrogens (tertiary/aromatic N) is 1. The van der Waals surface area contributed by atoms with E-state index in [4.69, 9.17) is 0 Å². The van der Waals surface area contributed by atoms with Crippen molar-refractivity contribution in [2.45, 2.75) is 26.8 Å². The standard InChI is InChI=1S/C19H24N2O/c1-3-21(15-17-10-5-4-6-11-17)19(22)13-14-20-18-12-8-7-9-16(18)2/h4-12,20H,3,13-15H2,1-2H3. The van der Waals surface area contributed by atoms with Crippen LogP contribution in [0, 0.1) is 6.92 Å². The fourth-order valence-electron chi connectivity index (χ4n) is 2.41.